The molecule has 3 rings (SSSR count). The van der Waals surface area contributed by atoms with Crippen molar-refractivity contribution < 1.29 is 13.2 Å². The van der Waals surface area contributed by atoms with Crippen molar-refractivity contribution in [3.05, 3.63) is 33.4 Å². The van der Waals surface area contributed by atoms with E-state index in [1.165, 1.54) is 12.0 Å². The van der Waals surface area contributed by atoms with Crippen molar-refractivity contribution in [3.63, 3.8) is 0 Å². The summed E-state index contributed by atoms with van der Waals surface area (Å²) in [6, 6.07) is 0. The molecule has 0 spiro atoms. The molecule has 0 heterocycles. The number of rotatable bonds is 1. The van der Waals surface area contributed by atoms with Crippen molar-refractivity contribution in [2.45, 2.75) is 78.3 Å². The summed E-state index contributed by atoms with van der Waals surface area (Å²) in [5.74, 6) is 0. The Labute approximate surface area is 125 Å². The minimum absolute atomic E-state index is 0.264. The summed E-state index contributed by atoms with van der Waals surface area (Å²) < 4.78 is 40.0. The van der Waals surface area contributed by atoms with Gasteiger partial charge in [-0.3, -0.25) is 0 Å². The van der Waals surface area contributed by atoms with Gasteiger partial charge in [0.15, 0.2) is 0 Å². The standard InChI is InChI=1S/C15H17F3.C3H8/c1-2-9-10-5-3-7-12(10)14(15(16,17)18)13-8-4-6-11(9)13;1-3-2/h2-8H2,1H3;3H2,1-2H3. The van der Waals surface area contributed by atoms with Crippen LogP contribution in [0.5, 0.6) is 0 Å². The molecule has 0 saturated heterocycles. The van der Waals surface area contributed by atoms with Crippen molar-refractivity contribution in [1.29, 1.82) is 0 Å². The van der Waals surface area contributed by atoms with E-state index >= 15 is 0 Å². The average Bonchev–Trinajstić information content (AvgIpc) is 3.02. The summed E-state index contributed by atoms with van der Waals surface area (Å²) in [7, 11) is 0. The third-order valence-electron chi connectivity index (χ3n) is 4.40. The Kier molecular flexibility index (Phi) is 5.00. The number of hydrogen-bond donors (Lipinski definition) is 0. The van der Waals surface area contributed by atoms with Gasteiger partial charge in [-0.15, -0.1) is 0 Å². The molecule has 0 bridgehead atoms. The van der Waals surface area contributed by atoms with Crippen LogP contribution in [0, 0.1) is 0 Å². The predicted molar refractivity (Wildman–Crippen MR) is 80.8 cm³/mol. The van der Waals surface area contributed by atoms with Crippen molar-refractivity contribution >= 4 is 0 Å². The minimum Gasteiger partial charge on any atom is -0.166 e. The number of benzene rings is 1. The second-order valence-electron chi connectivity index (χ2n) is 6.03. The van der Waals surface area contributed by atoms with Crippen LogP contribution in [-0.2, 0) is 38.3 Å². The van der Waals surface area contributed by atoms with Crippen molar-refractivity contribution in [1.82, 2.24) is 0 Å². The maximum atomic E-state index is 13.3. The SMILES string of the molecule is CCC.CCc1c2c(c(C(F)(F)F)c3c1CCC3)CCC2. The second kappa shape index (κ2) is 6.41. The number of halogens is 3. The zero-order chi connectivity index (χ0) is 15.6. The van der Waals surface area contributed by atoms with Gasteiger partial charge in [0.1, 0.15) is 0 Å². The molecule has 1 aromatic rings. The molecule has 2 aliphatic carbocycles. The minimum atomic E-state index is -4.17. The highest BCUT2D eigenvalue weighted by molar-refractivity contribution is 5.56. The summed E-state index contributed by atoms with van der Waals surface area (Å²) >= 11 is 0. The molecule has 1 aromatic carbocycles. The molecule has 21 heavy (non-hydrogen) atoms. The van der Waals surface area contributed by atoms with Crippen LogP contribution in [0.1, 0.15) is 73.4 Å². The van der Waals surface area contributed by atoms with Crippen LogP contribution in [0.15, 0.2) is 0 Å². The predicted octanol–water partition coefficient (Wildman–Crippen LogP) is 5.66. The molecule has 0 nitrogen and oxygen atoms in total. The van der Waals surface area contributed by atoms with E-state index in [4.69, 9.17) is 0 Å². The first-order chi connectivity index (χ1) is 9.95. The quantitative estimate of drug-likeness (QED) is 0.627. The van der Waals surface area contributed by atoms with Gasteiger partial charge >= 0.3 is 6.18 Å². The van der Waals surface area contributed by atoms with E-state index in [1.807, 2.05) is 0 Å². The lowest BCUT2D eigenvalue weighted by molar-refractivity contribution is -0.138. The molecular weight excluding hydrogens is 273 g/mol. The Morgan fingerprint density at radius 1 is 0.762 bits per heavy atom. The Morgan fingerprint density at radius 3 is 1.48 bits per heavy atom. The lowest BCUT2D eigenvalue weighted by atomic mass is 9.87. The van der Waals surface area contributed by atoms with Gasteiger partial charge in [0.05, 0.1) is 5.56 Å². The first-order valence-electron chi connectivity index (χ1n) is 8.21. The highest BCUT2D eigenvalue weighted by Gasteiger charge is 2.41. The monoisotopic (exact) mass is 298 g/mol. The van der Waals surface area contributed by atoms with Crippen LogP contribution in [-0.4, -0.2) is 0 Å². The van der Waals surface area contributed by atoms with E-state index in [9.17, 15) is 13.2 Å². The van der Waals surface area contributed by atoms with Crippen LogP contribution < -0.4 is 0 Å². The lowest BCUT2D eigenvalue weighted by Crippen LogP contribution is -2.15. The van der Waals surface area contributed by atoms with Gasteiger partial charge in [0.2, 0.25) is 0 Å². The number of fused-ring (bicyclic) bond motifs is 2. The highest BCUT2D eigenvalue weighted by Crippen LogP contribution is 2.45. The van der Waals surface area contributed by atoms with Gasteiger partial charge in [0.25, 0.3) is 0 Å². The molecule has 0 radical (unpaired) electrons. The largest absolute Gasteiger partial charge is 0.416 e. The number of hydrogen-bond acceptors (Lipinski definition) is 0. The second-order valence-corrected chi connectivity index (χ2v) is 6.03. The third-order valence-corrected chi connectivity index (χ3v) is 4.40. The maximum Gasteiger partial charge on any atom is 0.416 e. The molecule has 0 atom stereocenters. The zero-order valence-electron chi connectivity index (χ0n) is 13.3. The Morgan fingerprint density at radius 2 is 1.14 bits per heavy atom. The lowest BCUT2D eigenvalue weighted by Gasteiger charge is -2.21. The fourth-order valence-corrected chi connectivity index (χ4v) is 3.84. The van der Waals surface area contributed by atoms with E-state index in [0.29, 0.717) is 24.0 Å². The summed E-state index contributed by atoms with van der Waals surface area (Å²) in [6.07, 6.45) is 2.64. The molecule has 0 unspecified atom stereocenters. The Balaban J connectivity index is 0.000000497. The van der Waals surface area contributed by atoms with Gasteiger partial charge in [-0.2, -0.15) is 13.2 Å². The molecular formula is C18H25F3. The van der Waals surface area contributed by atoms with Crippen molar-refractivity contribution in [2.75, 3.05) is 0 Å². The van der Waals surface area contributed by atoms with Crippen LogP contribution in [0.3, 0.4) is 0 Å². The topological polar surface area (TPSA) is 0 Å². The summed E-state index contributed by atoms with van der Waals surface area (Å²) in [5.41, 5.74) is 4.29. The van der Waals surface area contributed by atoms with Crippen LogP contribution >= 0.6 is 0 Å². The number of alkyl halides is 3. The van der Waals surface area contributed by atoms with Gasteiger partial charge in [-0.05, 0) is 72.8 Å². The van der Waals surface area contributed by atoms with Gasteiger partial charge in [0, 0.05) is 0 Å². The van der Waals surface area contributed by atoms with Crippen molar-refractivity contribution in [2.24, 2.45) is 0 Å². The van der Waals surface area contributed by atoms with Crippen LogP contribution in [0.4, 0.5) is 13.2 Å². The molecule has 3 heteroatoms. The molecule has 0 N–H and O–H groups in total. The van der Waals surface area contributed by atoms with Gasteiger partial charge in [-0.1, -0.05) is 27.2 Å². The van der Waals surface area contributed by atoms with Crippen LogP contribution in [0.25, 0.3) is 0 Å². The first-order valence-corrected chi connectivity index (χ1v) is 8.21. The fourth-order valence-electron chi connectivity index (χ4n) is 3.84. The maximum absolute atomic E-state index is 13.3. The molecule has 0 aromatic heterocycles. The van der Waals surface area contributed by atoms with E-state index < -0.39 is 6.18 Å². The molecule has 0 saturated carbocycles. The average molecular weight is 298 g/mol. The normalized spacial score (nSPS) is 16.3. The summed E-state index contributed by atoms with van der Waals surface area (Å²) in [5, 5.41) is 0. The first kappa shape index (κ1) is 16.4. The fraction of sp³-hybridized carbons (Fsp3) is 0.667. The molecule has 2 aliphatic rings. The third kappa shape index (κ3) is 2.97. The summed E-state index contributed by atoms with van der Waals surface area (Å²) in [6.45, 7) is 6.32. The smallest absolute Gasteiger partial charge is 0.166 e. The highest BCUT2D eigenvalue weighted by atomic mass is 19.4. The zero-order valence-corrected chi connectivity index (χ0v) is 13.3. The van der Waals surface area contributed by atoms with Crippen molar-refractivity contribution in [3.8, 4) is 0 Å². The van der Waals surface area contributed by atoms with E-state index in [2.05, 4.69) is 20.8 Å². The Hall–Kier alpha value is -0.990. The Bertz CT molecular complexity index is 477. The molecule has 0 aliphatic heterocycles. The molecule has 0 amide bonds. The van der Waals surface area contributed by atoms with Gasteiger partial charge < -0.3 is 0 Å². The van der Waals surface area contributed by atoms with E-state index in [1.54, 1.807) is 0 Å². The van der Waals surface area contributed by atoms with Gasteiger partial charge in [-0.25, -0.2) is 0 Å². The van der Waals surface area contributed by atoms with Crippen LogP contribution in [0.2, 0.25) is 0 Å². The van der Waals surface area contributed by atoms with E-state index in [0.717, 1.165) is 43.2 Å². The molecule has 0 fully saturated rings. The molecule has 118 valence electrons. The van der Waals surface area contributed by atoms with E-state index in [-0.39, 0.29) is 5.56 Å². The summed E-state index contributed by atoms with van der Waals surface area (Å²) in [4.78, 5) is 0.